The fourth-order valence-electron chi connectivity index (χ4n) is 2.66. The van der Waals surface area contributed by atoms with Crippen LogP contribution in [0.3, 0.4) is 0 Å². The molecule has 0 aromatic heterocycles. The van der Waals surface area contributed by atoms with Gasteiger partial charge in [-0.3, -0.25) is 9.59 Å². The molecule has 2 fully saturated rings. The Morgan fingerprint density at radius 2 is 2.05 bits per heavy atom. The summed E-state index contributed by atoms with van der Waals surface area (Å²) in [5, 5.41) is 14.7. The third kappa shape index (κ3) is 5.07. The zero-order chi connectivity index (χ0) is 15.2. The van der Waals surface area contributed by atoms with E-state index in [0.29, 0.717) is 18.2 Å². The van der Waals surface area contributed by atoms with Gasteiger partial charge in [0.15, 0.2) is 0 Å². The molecule has 8 nitrogen and oxygen atoms in total. The topological polar surface area (TPSA) is 111 Å². The van der Waals surface area contributed by atoms with Gasteiger partial charge in [-0.1, -0.05) is 11.8 Å². The van der Waals surface area contributed by atoms with E-state index in [4.69, 9.17) is 0 Å². The molecule has 21 heavy (non-hydrogen) atoms. The first kappa shape index (κ1) is 15.9. The summed E-state index contributed by atoms with van der Waals surface area (Å²) in [7, 11) is 0. The second kappa shape index (κ2) is 7.48. The third-order valence-corrected chi connectivity index (χ3v) is 4.82. The second-order valence-corrected chi connectivity index (χ2v) is 6.44. The van der Waals surface area contributed by atoms with Crippen molar-refractivity contribution in [2.45, 2.75) is 31.7 Å². The molecule has 118 valence electrons. The zero-order valence-corrected chi connectivity index (χ0v) is 12.4. The van der Waals surface area contributed by atoms with Crippen molar-refractivity contribution in [3.8, 4) is 0 Å². The van der Waals surface area contributed by atoms with E-state index in [1.807, 2.05) is 0 Å². The highest BCUT2D eigenvalue weighted by atomic mass is 32.2. The lowest BCUT2D eigenvalue weighted by atomic mass is 9.82. The van der Waals surface area contributed by atoms with Gasteiger partial charge in [-0.25, -0.2) is 0 Å². The van der Waals surface area contributed by atoms with Crippen LogP contribution in [0.1, 0.15) is 25.7 Å². The van der Waals surface area contributed by atoms with Gasteiger partial charge in [-0.05, 0) is 37.5 Å². The van der Waals surface area contributed by atoms with Crippen molar-refractivity contribution in [3.63, 3.8) is 0 Å². The summed E-state index contributed by atoms with van der Waals surface area (Å²) in [6.45, 7) is 0.760. The minimum atomic E-state index is -0.750. The smallest absolute Gasteiger partial charge is 0.294 e. The number of hydrogen-bond acceptors (Lipinski definition) is 6. The van der Waals surface area contributed by atoms with Crippen LogP contribution in [0.4, 0.5) is 4.79 Å². The van der Waals surface area contributed by atoms with E-state index in [1.54, 1.807) is 0 Å². The van der Waals surface area contributed by atoms with Crippen LogP contribution >= 0.6 is 11.8 Å². The van der Waals surface area contributed by atoms with Crippen molar-refractivity contribution < 1.29 is 19.5 Å². The minimum Gasteiger partial charge on any atom is -0.354 e. The fourth-order valence-corrected chi connectivity index (χ4v) is 3.44. The highest BCUT2D eigenvalue weighted by molar-refractivity contribution is 8.14. The lowest BCUT2D eigenvalue weighted by Crippen LogP contribution is -2.44. The van der Waals surface area contributed by atoms with Crippen LogP contribution in [0, 0.1) is 22.0 Å². The Labute approximate surface area is 126 Å². The highest BCUT2D eigenvalue weighted by Gasteiger charge is 2.29. The molecule has 1 atom stereocenters. The third-order valence-electron chi connectivity index (χ3n) is 3.94. The summed E-state index contributed by atoms with van der Waals surface area (Å²) in [5.74, 6) is 0.973. The maximum atomic E-state index is 11.8. The first-order valence-electron chi connectivity index (χ1n) is 7.03. The van der Waals surface area contributed by atoms with E-state index in [9.17, 15) is 19.7 Å². The molecular weight excluding hydrogens is 298 g/mol. The van der Waals surface area contributed by atoms with Crippen molar-refractivity contribution in [1.29, 1.82) is 0 Å². The minimum absolute atomic E-state index is 0.132. The average molecular weight is 317 g/mol. The van der Waals surface area contributed by atoms with E-state index < -0.39 is 11.1 Å². The summed E-state index contributed by atoms with van der Waals surface area (Å²) in [4.78, 5) is 37.4. The number of hydrogen-bond donors (Lipinski definition) is 2. The Bertz CT molecular complexity index is 412. The van der Waals surface area contributed by atoms with Gasteiger partial charge in [-0.15, -0.1) is 10.1 Å². The molecule has 0 radical (unpaired) electrons. The maximum Gasteiger partial charge on any atom is 0.294 e. The van der Waals surface area contributed by atoms with E-state index in [-0.39, 0.29) is 23.7 Å². The van der Waals surface area contributed by atoms with Crippen LogP contribution in [0.25, 0.3) is 0 Å². The van der Waals surface area contributed by atoms with Gasteiger partial charge in [0.05, 0.1) is 6.61 Å². The van der Waals surface area contributed by atoms with Crippen molar-refractivity contribution in [1.82, 2.24) is 10.6 Å². The van der Waals surface area contributed by atoms with Gasteiger partial charge in [0, 0.05) is 12.3 Å². The predicted molar refractivity (Wildman–Crippen MR) is 76.2 cm³/mol. The van der Waals surface area contributed by atoms with E-state index in [1.165, 1.54) is 0 Å². The van der Waals surface area contributed by atoms with Gasteiger partial charge >= 0.3 is 0 Å². The van der Waals surface area contributed by atoms with Gasteiger partial charge in [0.1, 0.15) is 6.04 Å². The molecule has 1 aliphatic heterocycles. The van der Waals surface area contributed by atoms with Gasteiger partial charge < -0.3 is 15.5 Å². The Morgan fingerprint density at radius 3 is 2.62 bits per heavy atom. The molecule has 2 rings (SSSR count). The second-order valence-electron chi connectivity index (χ2n) is 5.45. The lowest BCUT2D eigenvalue weighted by Gasteiger charge is -2.28. The molecule has 2 aliphatic rings. The normalized spacial score (nSPS) is 28.8. The van der Waals surface area contributed by atoms with Crippen molar-refractivity contribution in [3.05, 3.63) is 10.1 Å². The van der Waals surface area contributed by atoms with Gasteiger partial charge in [-0.2, -0.15) is 0 Å². The summed E-state index contributed by atoms with van der Waals surface area (Å²) >= 11 is 1.12. The largest absolute Gasteiger partial charge is 0.354 e. The van der Waals surface area contributed by atoms with Crippen LogP contribution in [0.15, 0.2) is 0 Å². The highest BCUT2D eigenvalue weighted by Crippen LogP contribution is 2.28. The maximum absolute atomic E-state index is 11.8. The molecule has 1 aliphatic carbocycles. The molecular formula is C12H19N3O5S. The predicted octanol–water partition coefficient (Wildman–Crippen LogP) is 0.942. The number of amides is 2. The Kier molecular flexibility index (Phi) is 5.66. The van der Waals surface area contributed by atoms with E-state index in [0.717, 1.165) is 37.4 Å². The summed E-state index contributed by atoms with van der Waals surface area (Å²) < 4.78 is 0. The van der Waals surface area contributed by atoms with E-state index in [2.05, 4.69) is 15.5 Å². The average Bonchev–Trinajstić information content (AvgIpc) is 2.90. The molecule has 2 amide bonds. The molecule has 0 aromatic rings. The number of nitrogens with zero attached hydrogens (tertiary/aromatic N) is 1. The molecule has 1 saturated carbocycles. The molecule has 1 heterocycles. The van der Waals surface area contributed by atoms with Crippen LogP contribution in [-0.4, -0.2) is 41.2 Å². The van der Waals surface area contributed by atoms with Gasteiger partial charge in [0.2, 0.25) is 5.91 Å². The number of thioether (sulfide) groups is 1. The molecule has 9 heteroatoms. The van der Waals surface area contributed by atoms with Crippen molar-refractivity contribution in [2.24, 2.45) is 11.8 Å². The zero-order valence-electron chi connectivity index (χ0n) is 11.6. The molecule has 0 bridgehead atoms. The lowest BCUT2D eigenvalue weighted by molar-refractivity contribution is -0.759. The van der Waals surface area contributed by atoms with Gasteiger partial charge in [0.25, 0.3) is 10.3 Å². The fraction of sp³-hybridized carbons (Fsp3) is 0.833. The standard InChI is InChI=1S/C12H19N3O5S/c16-11(10-7-21-12(17)14-10)13-5-8-1-3-9(4-2-8)6-20-15(18)19/h8-10H,1-7H2,(H,13,16)(H,14,17)/t8?,9?,10-/m0/s1. The first-order chi connectivity index (χ1) is 10.0. The summed E-state index contributed by atoms with van der Waals surface area (Å²) in [6.07, 6.45) is 3.62. The molecule has 2 N–H and O–H groups in total. The SMILES string of the molecule is O=C1N[C@H](C(=O)NCC2CCC(CO[N+](=O)[O-])CC2)CS1. The van der Waals surface area contributed by atoms with Crippen LogP contribution in [0.5, 0.6) is 0 Å². The molecule has 1 saturated heterocycles. The van der Waals surface area contributed by atoms with Crippen molar-refractivity contribution >= 4 is 22.9 Å². The number of rotatable bonds is 6. The molecule has 0 unspecified atom stereocenters. The van der Waals surface area contributed by atoms with Crippen LogP contribution < -0.4 is 10.6 Å². The first-order valence-corrected chi connectivity index (χ1v) is 8.01. The number of carbonyl (C=O) groups is 2. The Morgan fingerprint density at radius 1 is 1.38 bits per heavy atom. The number of carbonyl (C=O) groups excluding carboxylic acids is 2. The Balaban J connectivity index is 1.61. The quantitative estimate of drug-likeness (QED) is 0.557. The molecule has 0 spiro atoms. The summed E-state index contributed by atoms with van der Waals surface area (Å²) in [6, 6.07) is -0.424. The van der Waals surface area contributed by atoms with Crippen LogP contribution in [0.2, 0.25) is 0 Å². The summed E-state index contributed by atoms with van der Waals surface area (Å²) in [5.41, 5.74) is 0. The van der Waals surface area contributed by atoms with E-state index >= 15 is 0 Å². The number of nitrogens with one attached hydrogen (secondary N) is 2. The monoisotopic (exact) mass is 317 g/mol. The molecule has 0 aromatic carbocycles. The Hall–Kier alpha value is -1.51. The van der Waals surface area contributed by atoms with Crippen molar-refractivity contribution in [2.75, 3.05) is 18.9 Å². The van der Waals surface area contributed by atoms with Crippen LogP contribution in [-0.2, 0) is 9.63 Å².